The summed E-state index contributed by atoms with van der Waals surface area (Å²) < 4.78 is 2.43. The minimum absolute atomic E-state index is 0.769. The zero-order valence-electron chi connectivity index (χ0n) is 12.8. The molecule has 0 saturated heterocycles. The molecular formula is C16H29N3. The first-order valence-electron chi connectivity index (χ1n) is 7.99. The molecule has 1 unspecified atom stereocenters. The van der Waals surface area contributed by atoms with Crippen LogP contribution in [-0.4, -0.2) is 15.6 Å². The SMILES string of the molecule is CCCCC(CC)Cn1c(CNC2CC2)cnc1C. The van der Waals surface area contributed by atoms with Crippen molar-refractivity contribution < 1.29 is 0 Å². The highest BCUT2D eigenvalue weighted by Gasteiger charge is 2.21. The van der Waals surface area contributed by atoms with Gasteiger partial charge in [-0.1, -0.05) is 33.1 Å². The maximum Gasteiger partial charge on any atom is 0.105 e. The molecule has 3 heteroatoms. The van der Waals surface area contributed by atoms with Crippen LogP contribution in [0.3, 0.4) is 0 Å². The lowest BCUT2D eigenvalue weighted by atomic mass is 9.99. The van der Waals surface area contributed by atoms with Crippen LogP contribution in [0.2, 0.25) is 0 Å². The Labute approximate surface area is 117 Å². The van der Waals surface area contributed by atoms with Crippen molar-refractivity contribution in [2.24, 2.45) is 5.92 Å². The first kappa shape index (κ1) is 14.6. The van der Waals surface area contributed by atoms with E-state index in [-0.39, 0.29) is 0 Å². The quantitative estimate of drug-likeness (QED) is 0.737. The zero-order chi connectivity index (χ0) is 13.7. The van der Waals surface area contributed by atoms with Gasteiger partial charge < -0.3 is 9.88 Å². The third-order valence-corrected chi connectivity index (χ3v) is 4.27. The van der Waals surface area contributed by atoms with Gasteiger partial charge in [0, 0.05) is 25.3 Å². The molecule has 1 aromatic heterocycles. The van der Waals surface area contributed by atoms with E-state index in [9.17, 15) is 0 Å². The lowest BCUT2D eigenvalue weighted by Crippen LogP contribution is -2.20. The van der Waals surface area contributed by atoms with Gasteiger partial charge in [0.15, 0.2) is 0 Å². The highest BCUT2D eigenvalue weighted by atomic mass is 15.1. The fourth-order valence-corrected chi connectivity index (χ4v) is 2.62. The van der Waals surface area contributed by atoms with Crippen molar-refractivity contribution in [1.29, 1.82) is 0 Å². The van der Waals surface area contributed by atoms with Crippen molar-refractivity contribution in [1.82, 2.24) is 14.9 Å². The predicted molar refractivity (Wildman–Crippen MR) is 80.1 cm³/mol. The first-order valence-corrected chi connectivity index (χ1v) is 7.99. The van der Waals surface area contributed by atoms with E-state index in [0.29, 0.717) is 0 Å². The normalized spacial score (nSPS) is 16.8. The number of hydrogen-bond donors (Lipinski definition) is 1. The Kier molecular flexibility index (Phi) is 5.44. The van der Waals surface area contributed by atoms with Crippen LogP contribution in [0.5, 0.6) is 0 Å². The Morgan fingerprint density at radius 3 is 2.84 bits per heavy atom. The van der Waals surface area contributed by atoms with E-state index in [1.807, 2.05) is 0 Å². The van der Waals surface area contributed by atoms with Crippen molar-refractivity contribution in [3.63, 3.8) is 0 Å². The van der Waals surface area contributed by atoms with Crippen LogP contribution in [0.25, 0.3) is 0 Å². The molecule has 1 N–H and O–H groups in total. The van der Waals surface area contributed by atoms with E-state index in [1.165, 1.54) is 50.0 Å². The fourth-order valence-electron chi connectivity index (χ4n) is 2.62. The average Bonchev–Trinajstić information content (AvgIpc) is 3.18. The largest absolute Gasteiger partial charge is 0.331 e. The summed E-state index contributed by atoms with van der Waals surface area (Å²) in [5.41, 5.74) is 1.36. The summed E-state index contributed by atoms with van der Waals surface area (Å²) in [6.07, 6.45) is 10.0. The monoisotopic (exact) mass is 263 g/mol. The first-order chi connectivity index (χ1) is 9.24. The molecule has 0 bridgehead atoms. The van der Waals surface area contributed by atoms with E-state index < -0.39 is 0 Å². The van der Waals surface area contributed by atoms with Crippen LogP contribution in [0.15, 0.2) is 6.20 Å². The van der Waals surface area contributed by atoms with Crippen molar-refractivity contribution in [2.75, 3.05) is 0 Å². The highest BCUT2D eigenvalue weighted by molar-refractivity contribution is 5.05. The summed E-state index contributed by atoms with van der Waals surface area (Å²) >= 11 is 0. The van der Waals surface area contributed by atoms with Crippen LogP contribution in [-0.2, 0) is 13.1 Å². The molecule has 108 valence electrons. The lowest BCUT2D eigenvalue weighted by Gasteiger charge is -2.18. The Morgan fingerprint density at radius 2 is 2.21 bits per heavy atom. The molecule has 19 heavy (non-hydrogen) atoms. The van der Waals surface area contributed by atoms with Gasteiger partial charge in [-0.25, -0.2) is 4.98 Å². The highest BCUT2D eigenvalue weighted by Crippen LogP contribution is 2.21. The molecule has 1 aliphatic carbocycles. The summed E-state index contributed by atoms with van der Waals surface area (Å²) in [6, 6.07) is 0.769. The summed E-state index contributed by atoms with van der Waals surface area (Å²) in [5.74, 6) is 1.97. The number of rotatable bonds is 9. The Balaban J connectivity index is 1.93. The Morgan fingerprint density at radius 1 is 1.42 bits per heavy atom. The summed E-state index contributed by atoms with van der Waals surface area (Å²) in [5, 5.41) is 3.60. The maximum absolute atomic E-state index is 4.51. The van der Waals surface area contributed by atoms with E-state index in [0.717, 1.165) is 25.0 Å². The van der Waals surface area contributed by atoms with Gasteiger partial charge in [0.1, 0.15) is 5.82 Å². The third kappa shape index (κ3) is 4.34. The number of hydrogen-bond acceptors (Lipinski definition) is 2. The van der Waals surface area contributed by atoms with Crippen LogP contribution >= 0.6 is 0 Å². The van der Waals surface area contributed by atoms with E-state index in [4.69, 9.17) is 0 Å². The number of aryl methyl sites for hydroxylation is 1. The summed E-state index contributed by atoms with van der Waals surface area (Å²) in [4.78, 5) is 4.51. The molecule has 0 spiro atoms. The molecule has 0 aromatic carbocycles. The molecule has 1 atom stereocenters. The van der Waals surface area contributed by atoms with Gasteiger partial charge in [0.05, 0.1) is 5.69 Å². The fraction of sp³-hybridized carbons (Fsp3) is 0.812. The van der Waals surface area contributed by atoms with E-state index >= 15 is 0 Å². The molecule has 1 fully saturated rings. The molecule has 1 saturated carbocycles. The molecular weight excluding hydrogens is 234 g/mol. The van der Waals surface area contributed by atoms with Crippen molar-refractivity contribution in [3.8, 4) is 0 Å². The molecule has 0 amide bonds. The standard InChI is InChI=1S/C16H29N3/c1-4-6-7-14(5-2)12-19-13(3)17-10-16(19)11-18-15-8-9-15/h10,14-15,18H,4-9,11-12H2,1-3H3. The number of aromatic nitrogens is 2. The van der Waals surface area contributed by atoms with Crippen molar-refractivity contribution in [2.45, 2.75) is 78.4 Å². The smallest absolute Gasteiger partial charge is 0.105 e. The van der Waals surface area contributed by atoms with Crippen LogP contribution in [0, 0.1) is 12.8 Å². The second-order valence-electron chi connectivity index (χ2n) is 5.98. The third-order valence-electron chi connectivity index (χ3n) is 4.27. The number of nitrogens with one attached hydrogen (secondary N) is 1. The number of unbranched alkanes of at least 4 members (excludes halogenated alkanes) is 1. The van der Waals surface area contributed by atoms with Crippen LogP contribution in [0.1, 0.15) is 63.9 Å². The molecule has 1 heterocycles. The maximum atomic E-state index is 4.51. The minimum atomic E-state index is 0.769. The van der Waals surface area contributed by atoms with Crippen LogP contribution in [0.4, 0.5) is 0 Å². The molecule has 2 rings (SSSR count). The van der Waals surface area contributed by atoms with Crippen molar-refractivity contribution in [3.05, 3.63) is 17.7 Å². The second-order valence-corrected chi connectivity index (χ2v) is 5.98. The summed E-state index contributed by atoms with van der Waals surface area (Å²) in [7, 11) is 0. The lowest BCUT2D eigenvalue weighted by molar-refractivity contribution is 0.380. The van der Waals surface area contributed by atoms with E-state index in [2.05, 4.69) is 41.8 Å². The topological polar surface area (TPSA) is 29.9 Å². The summed E-state index contributed by atoms with van der Waals surface area (Å²) in [6.45, 7) is 8.85. The van der Waals surface area contributed by atoms with Crippen molar-refractivity contribution >= 4 is 0 Å². The van der Waals surface area contributed by atoms with Gasteiger partial charge in [-0.05, 0) is 32.1 Å². The average molecular weight is 263 g/mol. The Hall–Kier alpha value is -0.830. The minimum Gasteiger partial charge on any atom is -0.331 e. The van der Waals surface area contributed by atoms with Gasteiger partial charge in [-0.3, -0.25) is 0 Å². The van der Waals surface area contributed by atoms with Gasteiger partial charge in [0.2, 0.25) is 0 Å². The second kappa shape index (κ2) is 7.09. The molecule has 0 aliphatic heterocycles. The van der Waals surface area contributed by atoms with Gasteiger partial charge >= 0.3 is 0 Å². The molecule has 0 radical (unpaired) electrons. The Bertz CT molecular complexity index is 379. The molecule has 1 aliphatic rings. The number of imidazole rings is 1. The van der Waals surface area contributed by atoms with Crippen LogP contribution < -0.4 is 5.32 Å². The van der Waals surface area contributed by atoms with Gasteiger partial charge in [0.25, 0.3) is 0 Å². The zero-order valence-corrected chi connectivity index (χ0v) is 12.8. The predicted octanol–water partition coefficient (Wildman–Crippen LogP) is 3.66. The van der Waals surface area contributed by atoms with Gasteiger partial charge in [-0.15, -0.1) is 0 Å². The van der Waals surface area contributed by atoms with Gasteiger partial charge in [-0.2, -0.15) is 0 Å². The number of nitrogens with zero attached hydrogens (tertiary/aromatic N) is 2. The molecule has 1 aromatic rings. The molecule has 3 nitrogen and oxygen atoms in total. The van der Waals surface area contributed by atoms with E-state index in [1.54, 1.807) is 0 Å².